The number of nitrogens with zero attached hydrogens (tertiary/aromatic N) is 1. The number of hydrogen-bond acceptors (Lipinski definition) is 2. The van der Waals surface area contributed by atoms with Crippen molar-refractivity contribution in [3.63, 3.8) is 0 Å². The normalized spacial score (nSPS) is 39.6. The van der Waals surface area contributed by atoms with Gasteiger partial charge in [-0.25, -0.2) is 0 Å². The van der Waals surface area contributed by atoms with E-state index >= 15 is 0 Å². The molecule has 0 amide bonds. The van der Waals surface area contributed by atoms with Gasteiger partial charge in [0.2, 0.25) is 0 Å². The van der Waals surface area contributed by atoms with Gasteiger partial charge in [0.25, 0.3) is 0 Å². The van der Waals surface area contributed by atoms with Crippen molar-refractivity contribution in [3.8, 4) is 0 Å². The van der Waals surface area contributed by atoms with E-state index in [2.05, 4.69) is 56.3 Å². The van der Waals surface area contributed by atoms with Gasteiger partial charge in [-0.1, -0.05) is 30.7 Å². The van der Waals surface area contributed by atoms with Crippen LogP contribution < -0.4 is 4.90 Å². The molecule has 0 spiro atoms. The van der Waals surface area contributed by atoms with E-state index in [9.17, 15) is 4.79 Å². The van der Waals surface area contributed by atoms with Crippen LogP contribution in [-0.2, 0) is 4.79 Å². The fourth-order valence-electron chi connectivity index (χ4n) is 7.54. The van der Waals surface area contributed by atoms with E-state index < -0.39 is 0 Å². The molecule has 28 heavy (non-hydrogen) atoms. The maximum Gasteiger partial charge on any atom is 0.139 e. The van der Waals surface area contributed by atoms with Crippen molar-refractivity contribution in [1.82, 2.24) is 0 Å². The fourth-order valence-corrected chi connectivity index (χ4v) is 7.54. The van der Waals surface area contributed by atoms with Crippen LogP contribution >= 0.6 is 0 Å². The van der Waals surface area contributed by atoms with Crippen LogP contribution in [0.4, 0.5) is 5.69 Å². The SMILES string of the molecule is CN(C)c1ccc(C2CCC=C3CC[C@@H]4[C@H](CC[C@]5(C)C(=O)CC[C@@H]45)[C@H]32)cc1. The number of rotatable bonds is 2. The summed E-state index contributed by atoms with van der Waals surface area (Å²) in [4.78, 5) is 14.8. The van der Waals surface area contributed by atoms with Crippen molar-refractivity contribution in [1.29, 1.82) is 0 Å². The molecule has 1 aromatic carbocycles. The first kappa shape index (κ1) is 18.5. The van der Waals surface area contributed by atoms with Crippen LogP contribution in [0.15, 0.2) is 35.9 Å². The number of benzene rings is 1. The number of carbonyl (C=O) groups excluding carboxylic acids is 1. The molecule has 150 valence electrons. The molecule has 1 unspecified atom stereocenters. The first-order valence-corrected chi connectivity index (χ1v) is 11.5. The summed E-state index contributed by atoms with van der Waals surface area (Å²) in [6.07, 6.45) is 12.1. The predicted octanol–water partition coefficient (Wildman–Crippen LogP) is 5.98. The first-order chi connectivity index (χ1) is 13.5. The monoisotopic (exact) mass is 377 g/mol. The van der Waals surface area contributed by atoms with E-state index in [-0.39, 0.29) is 5.41 Å². The molecule has 3 fully saturated rings. The van der Waals surface area contributed by atoms with Crippen LogP contribution in [0.5, 0.6) is 0 Å². The highest BCUT2D eigenvalue weighted by Crippen LogP contribution is 2.62. The minimum Gasteiger partial charge on any atom is -0.378 e. The van der Waals surface area contributed by atoms with Gasteiger partial charge in [0.1, 0.15) is 5.78 Å². The zero-order chi connectivity index (χ0) is 19.5. The van der Waals surface area contributed by atoms with Gasteiger partial charge in [0, 0.05) is 31.6 Å². The number of Topliss-reactive ketones (excluding diaryl/α,β-unsaturated/α-hetero) is 1. The highest BCUT2D eigenvalue weighted by Gasteiger charge is 2.56. The minimum atomic E-state index is -0.0000926. The van der Waals surface area contributed by atoms with Crippen molar-refractivity contribution in [2.75, 3.05) is 19.0 Å². The standard InChI is InChI=1S/C26H35NO/c1-26-16-15-22-21(23(26)13-14-24(26)28)12-9-18-5-4-6-20(25(18)22)17-7-10-19(11-8-17)27(2)3/h5,7-8,10-11,20-23,25H,4,6,9,12-16H2,1-3H3/t20?,21-,22+,23+,25-,26+/m1/s1. The molecule has 6 atom stereocenters. The van der Waals surface area contributed by atoms with Crippen molar-refractivity contribution in [2.24, 2.45) is 29.1 Å². The molecule has 0 aromatic heterocycles. The van der Waals surface area contributed by atoms with E-state index in [0.717, 1.165) is 37.0 Å². The van der Waals surface area contributed by atoms with Gasteiger partial charge >= 0.3 is 0 Å². The zero-order valence-corrected chi connectivity index (χ0v) is 17.8. The molecule has 0 aliphatic heterocycles. The third kappa shape index (κ3) is 2.70. The molecule has 0 saturated heterocycles. The van der Waals surface area contributed by atoms with Gasteiger partial charge in [0.05, 0.1) is 0 Å². The maximum absolute atomic E-state index is 12.6. The number of allylic oxidation sites excluding steroid dienone is 2. The van der Waals surface area contributed by atoms with Gasteiger partial charge in [0.15, 0.2) is 0 Å². The van der Waals surface area contributed by atoms with Crippen molar-refractivity contribution < 1.29 is 4.79 Å². The van der Waals surface area contributed by atoms with Gasteiger partial charge < -0.3 is 4.90 Å². The molecular formula is C26H35NO. The van der Waals surface area contributed by atoms with Crippen molar-refractivity contribution >= 4 is 11.5 Å². The molecule has 3 saturated carbocycles. The molecule has 4 aliphatic rings. The maximum atomic E-state index is 12.6. The van der Waals surface area contributed by atoms with Crippen LogP contribution in [0, 0.1) is 29.1 Å². The Hall–Kier alpha value is -1.57. The molecule has 0 heterocycles. The summed E-state index contributed by atoms with van der Waals surface area (Å²) < 4.78 is 0. The number of anilines is 1. The highest BCUT2D eigenvalue weighted by atomic mass is 16.1. The molecular weight excluding hydrogens is 342 g/mol. The Morgan fingerprint density at radius 2 is 1.75 bits per heavy atom. The third-order valence-corrected chi connectivity index (χ3v) is 9.01. The Bertz CT molecular complexity index is 791. The second kappa shape index (κ2) is 6.75. The number of ketones is 1. The van der Waals surface area contributed by atoms with Gasteiger partial charge in [-0.05, 0) is 92.2 Å². The second-order valence-electron chi connectivity index (χ2n) is 10.4. The van der Waals surface area contributed by atoms with E-state index in [4.69, 9.17) is 0 Å². The largest absolute Gasteiger partial charge is 0.378 e. The summed E-state index contributed by atoms with van der Waals surface area (Å²) in [5, 5.41) is 0. The highest BCUT2D eigenvalue weighted by molar-refractivity contribution is 5.87. The van der Waals surface area contributed by atoms with Crippen LogP contribution in [0.3, 0.4) is 0 Å². The first-order valence-electron chi connectivity index (χ1n) is 11.5. The molecule has 5 rings (SSSR count). The Morgan fingerprint density at radius 3 is 2.50 bits per heavy atom. The van der Waals surface area contributed by atoms with E-state index in [1.165, 1.54) is 43.4 Å². The predicted molar refractivity (Wildman–Crippen MR) is 116 cm³/mol. The van der Waals surface area contributed by atoms with Crippen LogP contribution in [-0.4, -0.2) is 19.9 Å². The van der Waals surface area contributed by atoms with E-state index in [1.54, 1.807) is 5.57 Å². The molecule has 4 aliphatic carbocycles. The summed E-state index contributed by atoms with van der Waals surface area (Å²) in [5.74, 6) is 4.18. The molecule has 0 N–H and O–H groups in total. The summed E-state index contributed by atoms with van der Waals surface area (Å²) >= 11 is 0. The van der Waals surface area contributed by atoms with E-state index in [0.29, 0.717) is 17.6 Å². The summed E-state index contributed by atoms with van der Waals surface area (Å²) in [7, 11) is 4.23. The third-order valence-electron chi connectivity index (χ3n) is 9.01. The van der Waals surface area contributed by atoms with Crippen LogP contribution in [0.1, 0.15) is 69.8 Å². The molecule has 0 bridgehead atoms. The quantitative estimate of drug-likeness (QED) is 0.591. The van der Waals surface area contributed by atoms with Crippen LogP contribution in [0.2, 0.25) is 0 Å². The average molecular weight is 378 g/mol. The summed E-state index contributed by atoms with van der Waals surface area (Å²) in [5.41, 5.74) is 4.58. The smallest absolute Gasteiger partial charge is 0.139 e. The molecule has 2 nitrogen and oxygen atoms in total. The lowest BCUT2D eigenvalue weighted by Gasteiger charge is -2.54. The lowest BCUT2D eigenvalue weighted by Crippen LogP contribution is -2.47. The van der Waals surface area contributed by atoms with Crippen molar-refractivity contribution in [2.45, 2.75) is 64.2 Å². The summed E-state index contributed by atoms with van der Waals surface area (Å²) in [6.45, 7) is 2.30. The molecule has 0 radical (unpaired) electrons. The van der Waals surface area contributed by atoms with Gasteiger partial charge in [-0.15, -0.1) is 0 Å². The Kier molecular flexibility index (Phi) is 4.45. The van der Waals surface area contributed by atoms with Gasteiger partial charge in [-0.2, -0.15) is 0 Å². The minimum absolute atomic E-state index is 0.0000926. The zero-order valence-electron chi connectivity index (χ0n) is 17.8. The van der Waals surface area contributed by atoms with Crippen LogP contribution in [0.25, 0.3) is 0 Å². The Balaban J connectivity index is 1.46. The molecule has 2 heteroatoms. The lowest BCUT2D eigenvalue weighted by atomic mass is 9.50. The number of fused-ring (bicyclic) bond motifs is 5. The summed E-state index contributed by atoms with van der Waals surface area (Å²) in [6, 6.07) is 9.36. The molecule has 1 aromatic rings. The lowest BCUT2D eigenvalue weighted by molar-refractivity contribution is -0.131. The van der Waals surface area contributed by atoms with Gasteiger partial charge in [-0.3, -0.25) is 4.79 Å². The Morgan fingerprint density at radius 1 is 0.964 bits per heavy atom. The topological polar surface area (TPSA) is 20.3 Å². The van der Waals surface area contributed by atoms with Crippen molar-refractivity contribution in [3.05, 3.63) is 41.5 Å². The second-order valence-corrected chi connectivity index (χ2v) is 10.4. The van der Waals surface area contributed by atoms with E-state index in [1.807, 2.05) is 0 Å². The number of carbonyl (C=O) groups is 1. The Labute approximate surface area is 170 Å². The number of hydrogen-bond donors (Lipinski definition) is 0. The average Bonchev–Trinajstić information content (AvgIpc) is 3.02. The fraction of sp³-hybridized carbons (Fsp3) is 0.654.